The van der Waals surface area contributed by atoms with Gasteiger partial charge in [-0.3, -0.25) is 0 Å². The summed E-state index contributed by atoms with van der Waals surface area (Å²) in [4.78, 5) is 0. The van der Waals surface area contributed by atoms with Gasteiger partial charge < -0.3 is 5.32 Å². The minimum atomic E-state index is 0.311. The standard InChI is InChI=1S/C15H12Cl3N/c16-11-5-4-9-7-12(8-10(9)6-11)19-15-13(17)2-1-3-14(15)18/h1-6,12,19H,7-8H2. The maximum absolute atomic E-state index is 6.18. The van der Waals surface area contributed by atoms with E-state index in [1.54, 1.807) is 0 Å². The summed E-state index contributed by atoms with van der Waals surface area (Å²) >= 11 is 18.4. The summed E-state index contributed by atoms with van der Waals surface area (Å²) in [7, 11) is 0. The Labute approximate surface area is 127 Å². The van der Waals surface area contributed by atoms with Gasteiger partial charge in [-0.05, 0) is 48.2 Å². The first kappa shape index (κ1) is 13.1. The quantitative estimate of drug-likeness (QED) is 0.801. The fraction of sp³-hybridized carbons (Fsp3) is 0.200. The highest BCUT2D eigenvalue weighted by Gasteiger charge is 2.22. The Bertz CT molecular complexity index is 605. The van der Waals surface area contributed by atoms with Crippen LogP contribution in [-0.2, 0) is 12.8 Å². The van der Waals surface area contributed by atoms with E-state index < -0.39 is 0 Å². The molecule has 1 aliphatic carbocycles. The lowest BCUT2D eigenvalue weighted by Gasteiger charge is -2.16. The summed E-state index contributed by atoms with van der Waals surface area (Å²) in [6, 6.07) is 11.9. The zero-order chi connectivity index (χ0) is 13.4. The van der Waals surface area contributed by atoms with E-state index in [2.05, 4.69) is 11.4 Å². The van der Waals surface area contributed by atoms with Crippen molar-refractivity contribution < 1.29 is 0 Å². The summed E-state index contributed by atoms with van der Waals surface area (Å²) in [6.45, 7) is 0. The summed E-state index contributed by atoms with van der Waals surface area (Å²) in [5.41, 5.74) is 3.45. The predicted octanol–water partition coefficient (Wildman–Crippen LogP) is 5.23. The second kappa shape index (κ2) is 5.24. The molecule has 0 radical (unpaired) electrons. The lowest BCUT2D eigenvalue weighted by molar-refractivity contribution is 0.774. The van der Waals surface area contributed by atoms with Crippen molar-refractivity contribution in [2.75, 3.05) is 5.32 Å². The summed E-state index contributed by atoms with van der Waals surface area (Å²) < 4.78 is 0. The molecule has 0 spiro atoms. The summed E-state index contributed by atoms with van der Waals surface area (Å²) in [5, 5.41) is 5.53. The van der Waals surface area contributed by atoms with Crippen LogP contribution in [0, 0.1) is 0 Å². The van der Waals surface area contributed by atoms with Crippen LogP contribution in [0.4, 0.5) is 5.69 Å². The molecular weight excluding hydrogens is 301 g/mol. The number of hydrogen-bond acceptors (Lipinski definition) is 1. The Hall–Kier alpha value is -0.890. The molecule has 19 heavy (non-hydrogen) atoms. The second-order valence-corrected chi connectivity index (χ2v) is 6.01. The first-order valence-electron chi connectivity index (χ1n) is 6.11. The fourth-order valence-electron chi connectivity index (χ4n) is 2.53. The van der Waals surface area contributed by atoms with Gasteiger partial charge in [-0.25, -0.2) is 0 Å². The Kier molecular flexibility index (Phi) is 3.62. The minimum absolute atomic E-state index is 0.311. The molecule has 3 rings (SSSR count). The number of benzene rings is 2. The van der Waals surface area contributed by atoms with Crippen molar-refractivity contribution >= 4 is 40.5 Å². The third-order valence-corrected chi connectivity index (χ3v) is 4.28. The lowest BCUT2D eigenvalue weighted by atomic mass is 10.1. The van der Waals surface area contributed by atoms with Crippen molar-refractivity contribution in [2.45, 2.75) is 18.9 Å². The number of nitrogens with one attached hydrogen (secondary N) is 1. The van der Waals surface area contributed by atoms with Crippen LogP contribution in [0.15, 0.2) is 36.4 Å². The van der Waals surface area contributed by atoms with Gasteiger partial charge in [-0.2, -0.15) is 0 Å². The maximum Gasteiger partial charge on any atom is 0.0721 e. The fourth-order valence-corrected chi connectivity index (χ4v) is 3.23. The molecule has 98 valence electrons. The van der Waals surface area contributed by atoms with Gasteiger partial charge in [-0.15, -0.1) is 0 Å². The van der Waals surface area contributed by atoms with Crippen LogP contribution in [0.5, 0.6) is 0 Å². The van der Waals surface area contributed by atoms with Gasteiger partial charge in [0.1, 0.15) is 0 Å². The Balaban J connectivity index is 1.81. The Morgan fingerprint density at radius 2 is 1.58 bits per heavy atom. The van der Waals surface area contributed by atoms with Crippen LogP contribution in [-0.4, -0.2) is 6.04 Å². The Morgan fingerprint density at radius 3 is 2.32 bits per heavy atom. The molecule has 4 heteroatoms. The maximum atomic E-state index is 6.18. The van der Waals surface area contributed by atoms with E-state index in [-0.39, 0.29) is 0 Å². The monoisotopic (exact) mass is 311 g/mol. The van der Waals surface area contributed by atoms with E-state index in [1.165, 1.54) is 11.1 Å². The molecule has 1 aliphatic rings. The minimum Gasteiger partial charge on any atom is -0.379 e. The van der Waals surface area contributed by atoms with Crippen LogP contribution in [0.2, 0.25) is 15.1 Å². The number of rotatable bonds is 2. The third kappa shape index (κ3) is 2.69. The molecule has 1 unspecified atom stereocenters. The molecule has 0 aliphatic heterocycles. The lowest BCUT2D eigenvalue weighted by Crippen LogP contribution is -2.19. The third-order valence-electron chi connectivity index (χ3n) is 3.41. The number of fused-ring (bicyclic) bond motifs is 1. The van der Waals surface area contributed by atoms with E-state index in [1.807, 2.05) is 30.3 Å². The molecule has 2 aromatic carbocycles. The van der Waals surface area contributed by atoms with Crippen molar-refractivity contribution in [3.05, 3.63) is 62.6 Å². The average molecular weight is 313 g/mol. The van der Waals surface area contributed by atoms with Gasteiger partial charge in [0.15, 0.2) is 0 Å². The van der Waals surface area contributed by atoms with Gasteiger partial charge >= 0.3 is 0 Å². The van der Waals surface area contributed by atoms with Crippen LogP contribution < -0.4 is 5.32 Å². The normalized spacial score (nSPS) is 17.3. The largest absolute Gasteiger partial charge is 0.379 e. The number of para-hydroxylation sites is 1. The van der Waals surface area contributed by atoms with Gasteiger partial charge in [0.05, 0.1) is 15.7 Å². The predicted molar refractivity (Wildman–Crippen MR) is 82.7 cm³/mol. The van der Waals surface area contributed by atoms with Crippen molar-refractivity contribution in [3.8, 4) is 0 Å². The molecule has 0 saturated carbocycles. The highest BCUT2D eigenvalue weighted by atomic mass is 35.5. The zero-order valence-electron chi connectivity index (χ0n) is 10.1. The van der Waals surface area contributed by atoms with E-state index in [0.717, 1.165) is 23.6 Å². The van der Waals surface area contributed by atoms with Crippen LogP contribution in [0.25, 0.3) is 0 Å². The molecule has 0 bridgehead atoms. The molecule has 0 fully saturated rings. The zero-order valence-corrected chi connectivity index (χ0v) is 12.4. The van der Waals surface area contributed by atoms with Crippen LogP contribution in [0.3, 0.4) is 0 Å². The van der Waals surface area contributed by atoms with E-state index in [4.69, 9.17) is 34.8 Å². The SMILES string of the molecule is Clc1ccc2c(c1)CC(Nc1c(Cl)cccc1Cl)C2. The number of halogens is 3. The van der Waals surface area contributed by atoms with Gasteiger partial charge in [-0.1, -0.05) is 46.9 Å². The van der Waals surface area contributed by atoms with Crippen molar-refractivity contribution in [3.63, 3.8) is 0 Å². The number of anilines is 1. The first-order valence-corrected chi connectivity index (χ1v) is 7.25. The smallest absolute Gasteiger partial charge is 0.0721 e. The van der Waals surface area contributed by atoms with E-state index >= 15 is 0 Å². The molecule has 1 atom stereocenters. The number of hydrogen-bond donors (Lipinski definition) is 1. The summed E-state index contributed by atoms with van der Waals surface area (Å²) in [5.74, 6) is 0. The summed E-state index contributed by atoms with van der Waals surface area (Å²) in [6.07, 6.45) is 1.91. The second-order valence-electron chi connectivity index (χ2n) is 4.76. The molecule has 0 saturated heterocycles. The molecule has 1 N–H and O–H groups in total. The van der Waals surface area contributed by atoms with Crippen LogP contribution in [0.1, 0.15) is 11.1 Å². The first-order chi connectivity index (χ1) is 9.13. The molecule has 2 aromatic rings. The van der Waals surface area contributed by atoms with Gasteiger partial charge in [0.25, 0.3) is 0 Å². The topological polar surface area (TPSA) is 12.0 Å². The molecule has 0 amide bonds. The molecule has 0 aromatic heterocycles. The molecule has 1 nitrogen and oxygen atoms in total. The highest BCUT2D eigenvalue weighted by molar-refractivity contribution is 6.39. The van der Waals surface area contributed by atoms with E-state index in [0.29, 0.717) is 16.1 Å². The van der Waals surface area contributed by atoms with Gasteiger partial charge in [0.2, 0.25) is 0 Å². The van der Waals surface area contributed by atoms with E-state index in [9.17, 15) is 0 Å². The Morgan fingerprint density at radius 1 is 0.895 bits per heavy atom. The highest BCUT2D eigenvalue weighted by Crippen LogP contribution is 2.33. The van der Waals surface area contributed by atoms with Gasteiger partial charge in [0, 0.05) is 11.1 Å². The van der Waals surface area contributed by atoms with Crippen molar-refractivity contribution in [2.24, 2.45) is 0 Å². The van der Waals surface area contributed by atoms with Crippen molar-refractivity contribution in [1.29, 1.82) is 0 Å². The van der Waals surface area contributed by atoms with Crippen molar-refractivity contribution in [1.82, 2.24) is 0 Å². The average Bonchev–Trinajstić information content (AvgIpc) is 2.75. The molecule has 0 heterocycles. The van der Waals surface area contributed by atoms with Crippen LogP contribution >= 0.6 is 34.8 Å². The molecular formula is C15H12Cl3N.